The predicted molar refractivity (Wildman–Crippen MR) is 91.0 cm³/mol. The largest absolute Gasteiger partial charge is 0.282 e. The maximum atomic E-state index is 13.2. The van der Waals surface area contributed by atoms with Crippen molar-refractivity contribution in [2.45, 2.75) is 43.9 Å². The Morgan fingerprint density at radius 1 is 1.16 bits per heavy atom. The van der Waals surface area contributed by atoms with Gasteiger partial charge >= 0.3 is 0 Å². The summed E-state index contributed by atoms with van der Waals surface area (Å²) in [6.45, 7) is 2.01. The zero-order valence-corrected chi connectivity index (χ0v) is 14.6. The predicted octanol–water partition coefficient (Wildman–Crippen LogP) is 3.80. The summed E-state index contributed by atoms with van der Waals surface area (Å²) < 4.78 is 50.6. The lowest BCUT2D eigenvalue weighted by atomic mass is 9.90. The van der Waals surface area contributed by atoms with E-state index in [2.05, 4.69) is 5.10 Å². The van der Waals surface area contributed by atoms with Crippen molar-refractivity contribution >= 4 is 15.6 Å². The summed E-state index contributed by atoms with van der Waals surface area (Å²) in [4.78, 5) is -0.0351. The Morgan fingerprint density at radius 3 is 2.36 bits per heavy atom. The van der Waals surface area contributed by atoms with Crippen molar-refractivity contribution in [3.05, 3.63) is 47.3 Å². The number of benzene rings is 1. The Kier molecular flexibility index (Phi) is 4.75. The third-order valence-electron chi connectivity index (χ3n) is 4.41. The highest BCUT2D eigenvalue weighted by Crippen LogP contribution is 2.34. The van der Waals surface area contributed by atoms with Gasteiger partial charge in [-0.1, -0.05) is 5.57 Å². The molecule has 0 spiro atoms. The molecule has 0 unspecified atom stereocenters. The van der Waals surface area contributed by atoms with E-state index in [1.807, 2.05) is 6.92 Å². The molecule has 0 atom stereocenters. The van der Waals surface area contributed by atoms with Gasteiger partial charge in [0, 0.05) is 0 Å². The molecule has 3 rings (SSSR count). The molecule has 0 amide bonds. The van der Waals surface area contributed by atoms with E-state index in [4.69, 9.17) is 5.14 Å². The Hall–Kier alpha value is -2.06. The molecule has 0 fully saturated rings. The zero-order valence-electron chi connectivity index (χ0n) is 13.7. The van der Waals surface area contributed by atoms with Crippen molar-refractivity contribution in [1.82, 2.24) is 9.78 Å². The fraction of sp³-hybridized carbons (Fsp3) is 0.353. The molecule has 1 aliphatic rings. The lowest BCUT2D eigenvalue weighted by Gasteiger charge is -2.19. The normalized spacial score (nSPS) is 15.9. The van der Waals surface area contributed by atoms with Gasteiger partial charge in [0.05, 0.1) is 16.3 Å². The van der Waals surface area contributed by atoms with Gasteiger partial charge in [-0.15, -0.1) is 0 Å². The molecule has 8 heteroatoms. The molecule has 1 aliphatic carbocycles. The zero-order chi connectivity index (χ0) is 18.2. The Labute approximate surface area is 145 Å². The highest BCUT2D eigenvalue weighted by molar-refractivity contribution is 7.89. The van der Waals surface area contributed by atoms with E-state index in [-0.39, 0.29) is 10.6 Å². The van der Waals surface area contributed by atoms with Crippen molar-refractivity contribution in [2.24, 2.45) is 5.14 Å². The van der Waals surface area contributed by atoms with Crippen LogP contribution in [0.4, 0.5) is 8.78 Å². The lowest BCUT2D eigenvalue weighted by Crippen LogP contribution is -2.12. The molecule has 2 N–H and O–H groups in total. The second-order valence-electron chi connectivity index (χ2n) is 6.17. The van der Waals surface area contributed by atoms with E-state index in [9.17, 15) is 17.2 Å². The number of sulfonamides is 1. The van der Waals surface area contributed by atoms with Crippen LogP contribution in [0.3, 0.4) is 0 Å². The second-order valence-corrected chi connectivity index (χ2v) is 7.73. The molecule has 134 valence electrons. The fourth-order valence-electron chi connectivity index (χ4n) is 3.10. The topological polar surface area (TPSA) is 78.0 Å². The van der Waals surface area contributed by atoms with E-state index in [0.717, 1.165) is 31.3 Å². The van der Waals surface area contributed by atoms with Crippen LogP contribution in [0.5, 0.6) is 0 Å². The Bertz CT molecular complexity index is 916. The summed E-state index contributed by atoms with van der Waals surface area (Å²) in [5, 5.41) is 9.13. The van der Waals surface area contributed by atoms with E-state index in [1.54, 1.807) is 0 Å². The third kappa shape index (κ3) is 3.64. The van der Waals surface area contributed by atoms with Gasteiger partial charge in [-0.2, -0.15) is 5.10 Å². The first-order valence-corrected chi connectivity index (χ1v) is 9.52. The molecular weight excluding hydrogens is 348 g/mol. The maximum Gasteiger partial charge on any atom is 0.282 e. The quantitative estimate of drug-likeness (QED) is 0.893. The third-order valence-corrected chi connectivity index (χ3v) is 5.34. The molecule has 0 radical (unpaired) electrons. The monoisotopic (exact) mass is 367 g/mol. The summed E-state index contributed by atoms with van der Waals surface area (Å²) in [7, 11) is -3.81. The van der Waals surface area contributed by atoms with Crippen LogP contribution in [0.2, 0.25) is 0 Å². The molecule has 5 nitrogen and oxygen atoms in total. The van der Waals surface area contributed by atoms with Gasteiger partial charge < -0.3 is 0 Å². The van der Waals surface area contributed by atoms with Crippen molar-refractivity contribution in [2.75, 3.05) is 0 Å². The number of allylic oxidation sites excluding steroid dienone is 2. The van der Waals surface area contributed by atoms with Gasteiger partial charge in [0.15, 0.2) is 0 Å². The number of alkyl halides is 2. The first-order valence-electron chi connectivity index (χ1n) is 7.97. The van der Waals surface area contributed by atoms with Crippen molar-refractivity contribution in [1.29, 1.82) is 0 Å². The van der Waals surface area contributed by atoms with Gasteiger partial charge in [-0.25, -0.2) is 27.0 Å². The minimum absolute atomic E-state index is 0.0351. The van der Waals surface area contributed by atoms with Gasteiger partial charge in [0.1, 0.15) is 5.69 Å². The standard InChI is InChI=1S/C17H19F2N3O2S/c1-11-4-2-3-5-14(11)16-10-15(17(18)19)21-22(16)12-6-8-13(9-7-12)25(20,23)24/h6-10,17H,2-5H2,1H3,(H2,20,23,24). The van der Waals surface area contributed by atoms with Gasteiger partial charge in [-0.3, -0.25) is 0 Å². The number of hydrogen-bond donors (Lipinski definition) is 1. The minimum Gasteiger partial charge on any atom is -0.233 e. The van der Waals surface area contributed by atoms with Crippen LogP contribution in [0.25, 0.3) is 11.3 Å². The number of aromatic nitrogens is 2. The highest BCUT2D eigenvalue weighted by atomic mass is 32.2. The van der Waals surface area contributed by atoms with Crippen LogP contribution in [-0.2, 0) is 10.0 Å². The molecule has 1 aromatic heterocycles. The van der Waals surface area contributed by atoms with E-state index in [0.29, 0.717) is 11.4 Å². The number of hydrogen-bond acceptors (Lipinski definition) is 3. The molecule has 0 bridgehead atoms. The Morgan fingerprint density at radius 2 is 1.80 bits per heavy atom. The smallest absolute Gasteiger partial charge is 0.233 e. The van der Waals surface area contributed by atoms with Gasteiger partial charge in [0.2, 0.25) is 10.0 Å². The first-order chi connectivity index (χ1) is 11.8. The van der Waals surface area contributed by atoms with Crippen molar-refractivity contribution in [3.63, 3.8) is 0 Å². The fourth-order valence-corrected chi connectivity index (χ4v) is 3.61. The SMILES string of the molecule is CC1=C(c2cc(C(F)F)nn2-c2ccc(S(N)(=O)=O)cc2)CCCC1. The van der Waals surface area contributed by atoms with Crippen LogP contribution in [0.1, 0.15) is 50.4 Å². The number of rotatable bonds is 4. The summed E-state index contributed by atoms with van der Waals surface area (Å²) in [6, 6.07) is 7.15. The highest BCUT2D eigenvalue weighted by Gasteiger charge is 2.21. The number of nitrogens with two attached hydrogens (primary N) is 1. The van der Waals surface area contributed by atoms with Crippen molar-refractivity contribution in [3.8, 4) is 5.69 Å². The van der Waals surface area contributed by atoms with Crippen molar-refractivity contribution < 1.29 is 17.2 Å². The molecule has 0 saturated carbocycles. The average molecular weight is 367 g/mol. The van der Waals surface area contributed by atoms with Crippen LogP contribution in [0.15, 0.2) is 40.8 Å². The Balaban J connectivity index is 2.12. The van der Waals surface area contributed by atoms with Crippen LogP contribution < -0.4 is 5.14 Å². The summed E-state index contributed by atoms with van der Waals surface area (Å²) in [6.07, 6.45) is 1.18. The van der Waals surface area contributed by atoms with Crippen LogP contribution in [0, 0.1) is 0 Å². The minimum atomic E-state index is -3.81. The maximum absolute atomic E-state index is 13.2. The summed E-state index contributed by atoms with van der Waals surface area (Å²) in [5.74, 6) is 0. The molecule has 2 aromatic rings. The second kappa shape index (κ2) is 6.68. The average Bonchev–Trinajstić information content (AvgIpc) is 3.00. The van der Waals surface area contributed by atoms with E-state index < -0.39 is 16.4 Å². The molecule has 1 aromatic carbocycles. The molecule has 1 heterocycles. The molecule has 0 saturated heterocycles. The van der Waals surface area contributed by atoms with Gasteiger partial charge in [0.25, 0.3) is 6.43 Å². The molecule has 25 heavy (non-hydrogen) atoms. The van der Waals surface area contributed by atoms with E-state index >= 15 is 0 Å². The van der Waals surface area contributed by atoms with Crippen LogP contribution in [-0.4, -0.2) is 18.2 Å². The number of nitrogens with zero attached hydrogens (tertiary/aromatic N) is 2. The number of primary sulfonamides is 1. The number of halogens is 2. The van der Waals surface area contributed by atoms with E-state index in [1.165, 1.54) is 40.6 Å². The molecular formula is C17H19F2N3O2S. The lowest BCUT2D eigenvalue weighted by molar-refractivity contribution is 0.145. The van der Waals surface area contributed by atoms with Crippen LogP contribution >= 0.6 is 0 Å². The summed E-state index contributed by atoms with van der Waals surface area (Å²) >= 11 is 0. The first kappa shape index (κ1) is 17.8. The molecule has 0 aliphatic heterocycles. The summed E-state index contributed by atoms with van der Waals surface area (Å²) in [5.41, 5.74) is 3.06. The van der Waals surface area contributed by atoms with Gasteiger partial charge in [-0.05, 0) is 68.5 Å².